The number of nitrogens with one attached hydrogen (secondary N) is 1. The summed E-state index contributed by atoms with van der Waals surface area (Å²) in [4.78, 5) is 12.4. The molecule has 2 rings (SSSR count). The highest BCUT2D eigenvalue weighted by Gasteiger charge is 2.30. The first-order valence-electron chi connectivity index (χ1n) is 7.57. The third-order valence-corrected chi connectivity index (χ3v) is 5.39. The second-order valence-electron chi connectivity index (χ2n) is 5.92. The topological polar surface area (TPSA) is 90.3 Å². The third-order valence-electron chi connectivity index (χ3n) is 4.12. The van der Waals surface area contributed by atoms with E-state index in [1.807, 2.05) is 19.1 Å². The van der Waals surface area contributed by atoms with Gasteiger partial charge in [-0.1, -0.05) is 12.1 Å². The number of amides is 1. The molecule has 0 spiro atoms. The summed E-state index contributed by atoms with van der Waals surface area (Å²) in [7, 11) is -3.26. The lowest BCUT2D eigenvalue weighted by atomic mass is 9.97. The fraction of sp³-hybridized carbons (Fsp3) is 0.500. The lowest BCUT2D eigenvalue weighted by Gasteiger charge is -2.30. The lowest BCUT2D eigenvalue weighted by molar-refractivity contribution is -0.126. The number of carbonyl (C=O) groups excluding carboxylic acids is 1. The summed E-state index contributed by atoms with van der Waals surface area (Å²) < 4.78 is 24.6. The highest BCUT2D eigenvalue weighted by atomic mass is 32.2. The van der Waals surface area contributed by atoms with Crippen LogP contribution in [0.4, 0.5) is 0 Å². The van der Waals surface area contributed by atoms with Gasteiger partial charge in [-0.05, 0) is 37.5 Å². The molecule has 1 amide bonds. The van der Waals surface area contributed by atoms with E-state index in [1.165, 1.54) is 10.6 Å². The van der Waals surface area contributed by atoms with Crippen molar-refractivity contribution in [2.75, 3.05) is 19.3 Å². The Kier molecular flexibility index (Phi) is 5.39. The summed E-state index contributed by atoms with van der Waals surface area (Å²) in [5.41, 5.74) is 1.48. The van der Waals surface area contributed by atoms with Gasteiger partial charge in [-0.25, -0.2) is 12.7 Å². The number of nitrogens with zero attached hydrogens (tertiary/aromatic N) is 2. The van der Waals surface area contributed by atoms with E-state index in [-0.39, 0.29) is 24.4 Å². The molecule has 0 aliphatic carbocycles. The Balaban J connectivity index is 1.99. The normalized spacial score (nSPS) is 20.5. The van der Waals surface area contributed by atoms with Crippen LogP contribution in [-0.2, 0) is 14.8 Å². The zero-order valence-corrected chi connectivity index (χ0v) is 14.1. The number of hydrogen-bond donors (Lipinski definition) is 1. The number of hydrogen-bond acceptors (Lipinski definition) is 4. The van der Waals surface area contributed by atoms with E-state index in [2.05, 4.69) is 11.4 Å². The van der Waals surface area contributed by atoms with Crippen molar-refractivity contribution in [1.29, 1.82) is 5.26 Å². The Hall–Kier alpha value is -1.91. The minimum atomic E-state index is -3.26. The maximum Gasteiger partial charge on any atom is 0.224 e. The smallest absolute Gasteiger partial charge is 0.224 e. The monoisotopic (exact) mass is 335 g/mol. The Morgan fingerprint density at radius 1 is 1.39 bits per heavy atom. The molecule has 0 radical (unpaired) electrons. The summed E-state index contributed by atoms with van der Waals surface area (Å²) in [6.45, 7) is 2.59. The largest absolute Gasteiger partial charge is 0.349 e. The summed E-state index contributed by atoms with van der Waals surface area (Å²) in [5, 5.41) is 11.7. The highest BCUT2D eigenvalue weighted by molar-refractivity contribution is 7.88. The minimum absolute atomic E-state index is 0.129. The van der Waals surface area contributed by atoms with Gasteiger partial charge >= 0.3 is 0 Å². The standard InChI is InChI=1S/C16H21N3O3S/c1-12(14-7-5-13(10-17)6-8-14)18-16(20)15-4-3-9-19(11-15)23(2,21)22/h5-8,12,15H,3-4,9,11H2,1-2H3,(H,18,20). The molecule has 0 saturated carbocycles. The van der Waals surface area contributed by atoms with Crippen LogP contribution in [0.2, 0.25) is 0 Å². The Bertz CT molecular complexity index is 707. The molecule has 1 aromatic rings. The predicted octanol–water partition coefficient (Wildman–Crippen LogP) is 1.41. The molecular formula is C16H21N3O3S. The van der Waals surface area contributed by atoms with Crippen LogP contribution in [-0.4, -0.2) is 38.0 Å². The van der Waals surface area contributed by atoms with Gasteiger partial charge in [-0.2, -0.15) is 5.26 Å². The fourth-order valence-corrected chi connectivity index (χ4v) is 3.63. The van der Waals surface area contributed by atoms with Crippen molar-refractivity contribution in [2.24, 2.45) is 5.92 Å². The maximum absolute atomic E-state index is 12.4. The van der Waals surface area contributed by atoms with E-state index in [0.717, 1.165) is 5.56 Å². The van der Waals surface area contributed by atoms with Gasteiger partial charge in [0.1, 0.15) is 0 Å². The number of sulfonamides is 1. The summed E-state index contributed by atoms with van der Waals surface area (Å²) >= 11 is 0. The van der Waals surface area contributed by atoms with Crippen LogP contribution in [0.3, 0.4) is 0 Å². The summed E-state index contributed by atoms with van der Waals surface area (Å²) in [6, 6.07) is 8.91. The molecule has 7 heteroatoms. The van der Waals surface area contributed by atoms with E-state index in [1.54, 1.807) is 12.1 Å². The average molecular weight is 335 g/mol. The first-order valence-corrected chi connectivity index (χ1v) is 9.41. The molecule has 2 atom stereocenters. The number of carbonyl (C=O) groups is 1. The van der Waals surface area contributed by atoms with Gasteiger partial charge in [0.2, 0.25) is 15.9 Å². The summed E-state index contributed by atoms with van der Waals surface area (Å²) in [5.74, 6) is -0.450. The number of benzene rings is 1. The van der Waals surface area contributed by atoms with Gasteiger partial charge < -0.3 is 5.32 Å². The van der Waals surface area contributed by atoms with Crippen LogP contribution >= 0.6 is 0 Å². The molecule has 1 N–H and O–H groups in total. The first-order chi connectivity index (χ1) is 10.8. The minimum Gasteiger partial charge on any atom is -0.349 e. The van der Waals surface area contributed by atoms with Gasteiger partial charge in [0.25, 0.3) is 0 Å². The molecule has 2 unspecified atom stereocenters. The van der Waals surface area contributed by atoms with Gasteiger partial charge in [0, 0.05) is 13.1 Å². The van der Waals surface area contributed by atoms with E-state index in [9.17, 15) is 13.2 Å². The number of nitriles is 1. The number of piperidine rings is 1. The lowest BCUT2D eigenvalue weighted by Crippen LogP contribution is -2.45. The molecule has 1 aliphatic heterocycles. The second kappa shape index (κ2) is 7.11. The average Bonchev–Trinajstić information content (AvgIpc) is 2.54. The van der Waals surface area contributed by atoms with Crippen LogP contribution in [0, 0.1) is 17.2 Å². The third kappa shape index (κ3) is 4.53. The van der Waals surface area contributed by atoms with Gasteiger partial charge in [-0.3, -0.25) is 4.79 Å². The van der Waals surface area contributed by atoms with Crippen LogP contribution in [0.5, 0.6) is 0 Å². The quantitative estimate of drug-likeness (QED) is 0.900. The zero-order valence-electron chi connectivity index (χ0n) is 13.3. The van der Waals surface area contributed by atoms with Crippen LogP contribution in [0.15, 0.2) is 24.3 Å². The highest BCUT2D eigenvalue weighted by Crippen LogP contribution is 2.20. The summed E-state index contributed by atoms with van der Waals surface area (Å²) in [6.07, 6.45) is 2.56. The van der Waals surface area contributed by atoms with Crippen molar-refractivity contribution >= 4 is 15.9 Å². The fourth-order valence-electron chi connectivity index (χ4n) is 2.72. The van der Waals surface area contributed by atoms with Crippen LogP contribution in [0.1, 0.15) is 36.9 Å². The molecule has 0 aromatic heterocycles. The van der Waals surface area contributed by atoms with Crippen LogP contribution < -0.4 is 5.32 Å². The van der Waals surface area contributed by atoms with Crippen molar-refractivity contribution in [3.8, 4) is 6.07 Å². The van der Waals surface area contributed by atoms with E-state index >= 15 is 0 Å². The van der Waals surface area contributed by atoms with Crippen molar-refractivity contribution in [2.45, 2.75) is 25.8 Å². The molecule has 0 bridgehead atoms. The molecule has 1 saturated heterocycles. The second-order valence-corrected chi connectivity index (χ2v) is 7.91. The molecular weight excluding hydrogens is 314 g/mol. The van der Waals surface area contributed by atoms with E-state index in [0.29, 0.717) is 24.9 Å². The van der Waals surface area contributed by atoms with Gasteiger partial charge in [-0.15, -0.1) is 0 Å². The molecule has 6 nitrogen and oxygen atoms in total. The van der Waals surface area contributed by atoms with Gasteiger partial charge in [0.15, 0.2) is 0 Å². The SMILES string of the molecule is CC(NC(=O)C1CCCN(S(C)(=O)=O)C1)c1ccc(C#N)cc1. The van der Waals surface area contributed by atoms with Crippen molar-refractivity contribution < 1.29 is 13.2 Å². The van der Waals surface area contributed by atoms with Crippen LogP contribution in [0.25, 0.3) is 0 Å². The first kappa shape index (κ1) is 17.4. The molecule has 1 aliphatic rings. The Morgan fingerprint density at radius 2 is 2.04 bits per heavy atom. The Morgan fingerprint density at radius 3 is 2.61 bits per heavy atom. The van der Waals surface area contributed by atoms with Crippen molar-refractivity contribution in [1.82, 2.24) is 9.62 Å². The van der Waals surface area contributed by atoms with Crippen molar-refractivity contribution in [3.05, 3.63) is 35.4 Å². The maximum atomic E-state index is 12.4. The van der Waals surface area contributed by atoms with Crippen molar-refractivity contribution in [3.63, 3.8) is 0 Å². The predicted molar refractivity (Wildman–Crippen MR) is 86.9 cm³/mol. The molecule has 1 heterocycles. The zero-order chi connectivity index (χ0) is 17.0. The molecule has 1 aromatic carbocycles. The molecule has 124 valence electrons. The van der Waals surface area contributed by atoms with Gasteiger partial charge in [0.05, 0.1) is 29.8 Å². The Labute approximate surface area is 137 Å². The number of rotatable bonds is 4. The van der Waals surface area contributed by atoms with E-state index in [4.69, 9.17) is 5.26 Å². The van der Waals surface area contributed by atoms with E-state index < -0.39 is 10.0 Å². The molecule has 23 heavy (non-hydrogen) atoms. The molecule has 1 fully saturated rings.